The van der Waals surface area contributed by atoms with Gasteiger partial charge < -0.3 is 5.32 Å². The molecule has 2 bridgehead atoms. The molecular weight excluding hydrogens is 196 g/mol. The van der Waals surface area contributed by atoms with Crippen molar-refractivity contribution < 1.29 is 0 Å². The first-order valence-electron chi connectivity index (χ1n) is 6.70. The molecule has 3 aliphatic rings. The van der Waals surface area contributed by atoms with Gasteiger partial charge in [0, 0.05) is 30.7 Å². The molecule has 94 valence electrons. The molecular formula is C14H28N2. The molecule has 3 fully saturated rings. The summed E-state index contributed by atoms with van der Waals surface area (Å²) in [5.41, 5.74) is 0.754. The topological polar surface area (TPSA) is 15.3 Å². The van der Waals surface area contributed by atoms with E-state index in [1.165, 1.54) is 19.5 Å². The monoisotopic (exact) mass is 224 g/mol. The van der Waals surface area contributed by atoms with Gasteiger partial charge in [0.05, 0.1) is 0 Å². The number of piperidine rings is 2. The Morgan fingerprint density at radius 2 is 1.69 bits per heavy atom. The Kier molecular flexibility index (Phi) is 2.87. The van der Waals surface area contributed by atoms with Crippen molar-refractivity contribution in [2.75, 3.05) is 13.1 Å². The zero-order chi connectivity index (χ0) is 12.1. The molecule has 16 heavy (non-hydrogen) atoms. The van der Waals surface area contributed by atoms with Crippen molar-refractivity contribution in [3.8, 4) is 0 Å². The second kappa shape index (κ2) is 3.71. The van der Waals surface area contributed by atoms with Gasteiger partial charge in [0.25, 0.3) is 0 Å². The van der Waals surface area contributed by atoms with Crippen LogP contribution in [-0.2, 0) is 0 Å². The van der Waals surface area contributed by atoms with Crippen LogP contribution in [0, 0.1) is 11.3 Å². The Hall–Kier alpha value is -0.0800. The summed E-state index contributed by atoms with van der Waals surface area (Å²) in [7, 11) is 0. The van der Waals surface area contributed by atoms with Crippen LogP contribution in [0.1, 0.15) is 48.0 Å². The van der Waals surface area contributed by atoms with E-state index in [1.807, 2.05) is 0 Å². The third kappa shape index (κ3) is 2.14. The van der Waals surface area contributed by atoms with Gasteiger partial charge in [0.15, 0.2) is 0 Å². The van der Waals surface area contributed by atoms with Crippen molar-refractivity contribution in [2.45, 2.75) is 65.6 Å². The fourth-order valence-corrected chi connectivity index (χ4v) is 3.52. The summed E-state index contributed by atoms with van der Waals surface area (Å²) in [6.45, 7) is 16.7. The minimum atomic E-state index is 0.314. The summed E-state index contributed by atoms with van der Waals surface area (Å²) in [5, 5.41) is 3.68. The summed E-state index contributed by atoms with van der Waals surface area (Å²) in [6, 6.07) is 1.44. The van der Waals surface area contributed by atoms with E-state index >= 15 is 0 Å². The molecule has 3 unspecified atom stereocenters. The standard InChI is InChI=1S/C14H28N2/c1-13(2,3)11-7-10-9-16(14(4,5)6)12(11)8-15-10/h10-12,15H,7-9H2,1-6H3. The summed E-state index contributed by atoms with van der Waals surface area (Å²) in [5.74, 6) is 0.840. The summed E-state index contributed by atoms with van der Waals surface area (Å²) < 4.78 is 0. The molecule has 0 aromatic rings. The lowest BCUT2D eigenvalue weighted by Crippen LogP contribution is -2.70. The van der Waals surface area contributed by atoms with Gasteiger partial charge in [-0.15, -0.1) is 0 Å². The zero-order valence-corrected chi connectivity index (χ0v) is 11.8. The van der Waals surface area contributed by atoms with Crippen molar-refractivity contribution in [1.29, 1.82) is 0 Å². The van der Waals surface area contributed by atoms with Crippen LogP contribution in [0.15, 0.2) is 0 Å². The molecule has 1 N–H and O–H groups in total. The predicted octanol–water partition coefficient (Wildman–Crippen LogP) is 2.49. The van der Waals surface area contributed by atoms with Crippen molar-refractivity contribution in [2.24, 2.45) is 11.3 Å². The zero-order valence-electron chi connectivity index (χ0n) is 11.8. The van der Waals surface area contributed by atoms with Crippen LogP contribution in [0.5, 0.6) is 0 Å². The van der Waals surface area contributed by atoms with E-state index in [9.17, 15) is 0 Å². The fourth-order valence-electron chi connectivity index (χ4n) is 3.52. The minimum Gasteiger partial charge on any atom is -0.311 e. The van der Waals surface area contributed by atoms with Gasteiger partial charge in [-0.3, -0.25) is 4.90 Å². The molecule has 0 saturated carbocycles. The molecule has 3 aliphatic heterocycles. The van der Waals surface area contributed by atoms with Crippen molar-refractivity contribution >= 4 is 0 Å². The van der Waals surface area contributed by atoms with E-state index in [-0.39, 0.29) is 0 Å². The van der Waals surface area contributed by atoms with E-state index in [1.54, 1.807) is 0 Å². The van der Waals surface area contributed by atoms with Crippen molar-refractivity contribution in [3.63, 3.8) is 0 Å². The fraction of sp³-hybridized carbons (Fsp3) is 1.00. The van der Waals surface area contributed by atoms with E-state index in [0.29, 0.717) is 17.0 Å². The second-order valence-corrected chi connectivity index (χ2v) is 7.70. The Morgan fingerprint density at radius 1 is 1.06 bits per heavy atom. The molecule has 0 amide bonds. The molecule has 0 spiro atoms. The Balaban J connectivity index is 2.22. The van der Waals surface area contributed by atoms with Crippen LogP contribution in [0.4, 0.5) is 0 Å². The molecule has 3 atom stereocenters. The Labute approximate surface area is 101 Å². The van der Waals surface area contributed by atoms with E-state index in [0.717, 1.165) is 12.0 Å². The molecule has 2 nitrogen and oxygen atoms in total. The lowest BCUT2D eigenvalue weighted by atomic mass is 9.67. The van der Waals surface area contributed by atoms with Gasteiger partial charge in [-0.05, 0) is 38.5 Å². The van der Waals surface area contributed by atoms with Crippen LogP contribution in [-0.4, -0.2) is 35.6 Å². The lowest BCUT2D eigenvalue weighted by Gasteiger charge is -2.58. The predicted molar refractivity (Wildman–Crippen MR) is 69.6 cm³/mol. The van der Waals surface area contributed by atoms with Crippen molar-refractivity contribution in [3.05, 3.63) is 0 Å². The number of rotatable bonds is 0. The Morgan fingerprint density at radius 3 is 2.12 bits per heavy atom. The first kappa shape index (κ1) is 12.4. The third-order valence-electron chi connectivity index (χ3n) is 4.41. The normalized spacial score (nSPS) is 36.8. The maximum Gasteiger partial charge on any atom is 0.0260 e. The quantitative estimate of drug-likeness (QED) is 0.680. The average molecular weight is 224 g/mol. The number of nitrogens with one attached hydrogen (secondary N) is 1. The summed E-state index contributed by atoms with van der Waals surface area (Å²) >= 11 is 0. The number of fused-ring (bicyclic) bond motifs is 3. The first-order chi connectivity index (χ1) is 7.19. The van der Waals surface area contributed by atoms with Gasteiger partial charge in [0.2, 0.25) is 0 Å². The molecule has 0 aromatic heterocycles. The van der Waals surface area contributed by atoms with Crippen molar-refractivity contribution in [1.82, 2.24) is 10.2 Å². The second-order valence-electron chi connectivity index (χ2n) is 7.70. The molecule has 2 heteroatoms. The summed E-state index contributed by atoms with van der Waals surface area (Å²) in [4.78, 5) is 2.73. The molecule has 3 rings (SSSR count). The summed E-state index contributed by atoms with van der Waals surface area (Å²) in [6.07, 6.45) is 1.36. The number of piperazine rings is 1. The lowest BCUT2D eigenvalue weighted by molar-refractivity contribution is -0.0643. The highest BCUT2D eigenvalue weighted by Gasteiger charge is 2.47. The van der Waals surface area contributed by atoms with Crippen LogP contribution < -0.4 is 5.32 Å². The van der Waals surface area contributed by atoms with Crippen LogP contribution in [0.3, 0.4) is 0 Å². The number of hydrogen-bond acceptors (Lipinski definition) is 2. The van der Waals surface area contributed by atoms with Gasteiger partial charge in [-0.25, -0.2) is 0 Å². The first-order valence-corrected chi connectivity index (χ1v) is 6.70. The highest BCUT2D eigenvalue weighted by molar-refractivity contribution is 5.04. The van der Waals surface area contributed by atoms with Crippen LogP contribution in [0.25, 0.3) is 0 Å². The maximum absolute atomic E-state index is 3.68. The van der Waals surface area contributed by atoms with E-state index in [4.69, 9.17) is 0 Å². The molecule has 3 saturated heterocycles. The molecule has 3 heterocycles. The SMILES string of the molecule is CC(C)(C)C1CC2CN(C(C)(C)C)C1CN2. The minimum absolute atomic E-state index is 0.314. The van der Waals surface area contributed by atoms with E-state index in [2.05, 4.69) is 51.8 Å². The average Bonchev–Trinajstić information content (AvgIpc) is 2.15. The molecule has 0 radical (unpaired) electrons. The smallest absolute Gasteiger partial charge is 0.0260 e. The molecule has 0 aromatic carbocycles. The highest BCUT2D eigenvalue weighted by Crippen LogP contribution is 2.42. The maximum atomic E-state index is 3.68. The van der Waals surface area contributed by atoms with Gasteiger partial charge in [-0.1, -0.05) is 20.8 Å². The van der Waals surface area contributed by atoms with Gasteiger partial charge >= 0.3 is 0 Å². The van der Waals surface area contributed by atoms with Crippen LogP contribution in [0.2, 0.25) is 0 Å². The number of hydrogen-bond donors (Lipinski definition) is 1. The number of nitrogens with zero attached hydrogens (tertiary/aromatic N) is 1. The van der Waals surface area contributed by atoms with Gasteiger partial charge in [0.1, 0.15) is 0 Å². The van der Waals surface area contributed by atoms with Crippen LogP contribution >= 0.6 is 0 Å². The largest absolute Gasteiger partial charge is 0.311 e. The third-order valence-corrected chi connectivity index (χ3v) is 4.41. The Bertz CT molecular complexity index is 235. The van der Waals surface area contributed by atoms with Gasteiger partial charge in [-0.2, -0.15) is 0 Å². The highest BCUT2D eigenvalue weighted by atomic mass is 15.3. The molecule has 0 aliphatic carbocycles. The van der Waals surface area contributed by atoms with E-state index < -0.39 is 0 Å².